The van der Waals surface area contributed by atoms with Crippen LogP contribution in [0.1, 0.15) is 41.5 Å². The van der Waals surface area contributed by atoms with Gasteiger partial charge < -0.3 is 9.16 Å². The molecule has 0 amide bonds. The van der Waals surface area contributed by atoms with E-state index in [9.17, 15) is 4.79 Å². The zero-order chi connectivity index (χ0) is 21.9. The minimum absolute atomic E-state index is 0.0688. The van der Waals surface area contributed by atoms with Gasteiger partial charge in [-0.25, -0.2) is 0 Å². The van der Waals surface area contributed by atoms with Crippen molar-refractivity contribution in [3.8, 4) is 0 Å². The van der Waals surface area contributed by atoms with E-state index in [1.54, 1.807) is 0 Å². The second kappa shape index (κ2) is 8.91. The highest BCUT2D eigenvalue weighted by Gasteiger charge is 2.50. The maximum absolute atomic E-state index is 12.2. The van der Waals surface area contributed by atoms with Crippen molar-refractivity contribution in [2.75, 3.05) is 6.61 Å². The van der Waals surface area contributed by atoms with Gasteiger partial charge in [-0.15, -0.1) is 0 Å². The van der Waals surface area contributed by atoms with Crippen molar-refractivity contribution in [3.05, 3.63) is 72.3 Å². The van der Waals surface area contributed by atoms with Crippen LogP contribution in [-0.2, 0) is 14.0 Å². The molecule has 3 atom stereocenters. The lowest BCUT2D eigenvalue weighted by Gasteiger charge is -2.44. The number of carbonyl (C=O) groups is 1. The molecule has 0 aliphatic carbocycles. The van der Waals surface area contributed by atoms with Crippen LogP contribution in [0.25, 0.3) is 0 Å². The number of hydrogen-bond acceptors (Lipinski definition) is 3. The molecular weight excluding hydrogens is 388 g/mol. The number of cyclic esters (lactones) is 1. The van der Waals surface area contributed by atoms with Crippen molar-refractivity contribution >= 4 is 24.7 Å². The molecule has 0 aromatic heterocycles. The molecule has 0 unspecified atom stereocenters. The molecule has 4 heteroatoms. The van der Waals surface area contributed by atoms with E-state index in [0.717, 1.165) is 5.57 Å². The van der Waals surface area contributed by atoms with E-state index in [2.05, 4.69) is 88.4 Å². The molecule has 0 spiro atoms. The molecule has 1 aliphatic rings. The summed E-state index contributed by atoms with van der Waals surface area (Å²) in [6.45, 7) is 13.4. The van der Waals surface area contributed by atoms with Crippen LogP contribution in [0.2, 0.25) is 5.04 Å². The van der Waals surface area contributed by atoms with Crippen molar-refractivity contribution in [2.45, 2.75) is 52.7 Å². The maximum Gasteiger partial charge on any atom is 0.313 e. The Kier molecular flexibility index (Phi) is 6.68. The minimum atomic E-state index is -2.59. The molecular formula is C26H34O3Si. The standard InChI is InChI=1S/C26H34O3Si/c1-19-17-20(2)25(27)29-24(19)21(3)18-28-30(26(4,5)6,22-13-9-7-10-14-22)23-15-11-8-12-16-23/h7-17,20-21,24H,18H2,1-6H3/t20-,21+,24-/m0/s1. The lowest BCUT2D eigenvalue weighted by atomic mass is 9.93. The Labute approximate surface area is 182 Å². The van der Waals surface area contributed by atoms with Crippen LogP contribution in [0.4, 0.5) is 0 Å². The monoisotopic (exact) mass is 422 g/mol. The van der Waals surface area contributed by atoms with E-state index < -0.39 is 8.32 Å². The first-order chi connectivity index (χ1) is 14.2. The molecule has 0 bridgehead atoms. The molecule has 160 valence electrons. The predicted molar refractivity (Wildman–Crippen MR) is 126 cm³/mol. The molecule has 30 heavy (non-hydrogen) atoms. The Balaban J connectivity index is 1.98. The van der Waals surface area contributed by atoms with E-state index in [0.29, 0.717) is 6.61 Å². The topological polar surface area (TPSA) is 35.5 Å². The summed E-state index contributed by atoms with van der Waals surface area (Å²) in [5.74, 6) is -0.256. The molecule has 3 nitrogen and oxygen atoms in total. The fraction of sp³-hybridized carbons (Fsp3) is 0.423. The molecule has 0 N–H and O–H groups in total. The number of rotatable bonds is 6. The molecule has 0 saturated heterocycles. The smallest absolute Gasteiger partial charge is 0.313 e. The summed E-state index contributed by atoms with van der Waals surface area (Å²) in [5, 5.41) is 2.45. The average Bonchev–Trinajstić information content (AvgIpc) is 2.71. The third-order valence-corrected chi connectivity index (χ3v) is 11.1. The van der Waals surface area contributed by atoms with Crippen molar-refractivity contribution in [1.82, 2.24) is 0 Å². The summed E-state index contributed by atoms with van der Waals surface area (Å²) in [4.78, 5) is 12.2. The summed E-state index contributed by atoms with van der Waals surface area (Å²) in [7, 11) is -2.59. The summed E-state index contributed by atoms with van der Waals surface area (Å²) < 4.78 is 12.8. The highest BCUT2D eigenvalue weighted by Crippen LogP contribution is 2.37. The number of carbonyl (C=O) groups excluding carboxylic acids is 1. The van der Waals surface area contributed by atoms with E-state index in [1.807, 2.05) is 19.9 Å². The maximum atomic E-state index is 12.2. The molecule has 2 aromatic carbocycles. The van der Waals surface area contributed by atoms with Crippen LogP contribution in [0.15, 0.2) is 72.3 Å². The lowest BCUT2D eigenvalue weighted by Crippen LogP contribution is -2.67. The van der Waals surface area contributed by atoms with Crippen molar-refractivity contribution < 1.29 is 14.0 Å². The molecule has 1 aliphatic heterocycles. The third kappa shape index (κ3) is 4.30. The summed E-state index contributed by atoms with van der Waals surface area (Å²) in [6.07, 6.45) is 1.79. The summed E-state index contributed by atoms with van der Waals surface area (Å²) in [5.41, 5.74) is 1.11. The van der Waals surface area contributed by atoms with Gasteiger partial charge in [-0.3, -0.25) is 4.79 Å². The van der Waals surface area contributed by atoms with Gasteiger partial charge in [0.15, 0.2) is 0 Å². The van der Waals surface area contributed by atoms with Crippen molar-refractivity contribution in [1.29, 1.82) is 0 Å². The number of hydrogen-bond donors (Lipinski definition) is 0. The first kappa shape index (κ1) is 22.5. The van der Waals surface area contributed by atoms with Crippen molar-refractivity contribution in [3.63, 3.8) is 0 Å². The fourth-order valence-corrected chi connectivity index (χ4v) is 9.22. The lowest BCUT2D eigenvalue weighted by molar-refractivity contribution is -0.154. The number of esters is 1. The first-order valence-electron chi connectivity index (χ1n) is 10.8. The van der Waals surface area contributed by atoms with Gasteiger partial charge in [-0.05, 0) is 34.8 Å². The molecule has 1 heterocycles. The van der Waals surface area contributed by atoms with Gasteiger partial charge in [0, 0.05) is 12.5 Å². The quantitative estimate of drug-likeness (QED) is 0.384. The second-order valence-electron chi connectivity index (χ2n) is 9.51. The van der Waals surface area contributed by atoms with Crippen LogP contribution in [0.3, 0.4) is 0 Å². The normalized spacial score (nSPS) is 21.0. The molecule has 0 fully saturated rings. The van der Waals surface area contributed by atoms with Crippen LogP contribution < -0.4 is 10.4 Å². The van der Waals surface area contributed by atoms with Gasteiger partial charge in [-0.1, -0.05) is 94.4 Å². The fourth-order valence-electron chi connectivity index (χ4n) is 4.55. The van der Waals surface area contributed by atoms with E-state index in [4.69, 9.17) is 9.16 Å². The summed E-state index contributed by atoms with van der Waals surface area (Å²) in [6, 6.07) is 21.3. The Bertz CT molecular complexity index is 844. The highest BCUT2D eigenvalue weighted by atomic mass is 28.4. The van der Waals surface area contributed by atoms with E-state index >= 15 is 0 Å². The van der Waals surface area contributed by atoms with Gasteiger partial charge in [0.05, 0.1) is 5.92 Å². The average molecular weight is 423 g/mol. The van der Waals surface area contributed by atoms with Crippen LogP contribution >= 0.6 is 0 Å². The first-order valence-corrected chi connectivity index (χ1v) is 12.7. The largest absolute Gasteiger partial charge is 0.457 e. The zero-order valence-corrected chi connectivity index (χ0v) is 20.0. The second-order valence-corrected chi connectivity index (χ2v) is 13.8. The number of benzene rings is 2. The van der Waals surface area contributed by atoms with Gasteiger partial charge >= 0.3 is 5.97 Å². The van der Waals surface area contributed by atoms with Crippen molar-refractivity contribution in [2.24, 2.45) is 11.8 Å². The van der Waals surface area contributed by atoms with Crippen LogP contribution in [-0.4, -0.2) is 27.0 Å². The molecule has 2 aromatic rings. The number of ether oxygens (including phenoxy) is 1. The SMILES string of the molecule is CC1=C[C@H](C)C(=O)O[C@@H]1[C@H](C)CO[Si](c1ccccc1)(c1ccccc1)C(C)(C)C. The third-order valence-electron chi connectivity index (χ3n) is 6.07. The molecule has 0 radical (unpaired) electrons. The van der Waals surface area contributed by atoms with Gasteiger partial charge in [0.2, 0.25) is 0 Å². The van der Waals surface area contributed by atoms with Crippen LogP contribution in [0.5, 0.6) is 0 Å². The zero-order valence-electron chi connectivity index (χ0n) is 19.0. The van der Waals surface area contributed by atoms with E-state index in [1.165, 1.54) is 10.4 Å². The molecule has 0 saturated carbocycles. The predicted octanol–water partition coefficient (Wildman–Crippen LogP) is 4.71. The minimum Gasteiger partial charge on any atom is -0.457 e. The highest BCUT2D eigenvalue weighted by molar-refractivity contribution is 6.99. The Morgan fingerprint density at radius 3 is 1.97 bits per heavy atom. The van der Waals surface area contributed by atoms with Gasteiger partial charge in [-0.2, -0.15) is 0 Å². The van der Waals surface area contributed by atoms with Gasteiger partial charge in [0.1, 0.15) is 6.10 Å². The van der Waals surface area contributed by atoms with Crippen LogP contribution in [0, 0.1) is 11.8 Å². The Morgan fingerprint density at radius 1 is 1.00 bits per heavy atom. The van der Waals surface area contributed by atoms with E-state index in [-0.39, 0.29) is 28.9 Å². The molecule has 3 rings (SSSR count). The summed E-state index contributed by atoms with van der Waals surface area (Å²) >= 11 is 0. The Morgan fingerprint density at radius 2 is 1.50 bits per heavy atom. The Hall–Kier alpha value is -2.17. The van der Waals surface area contributed by atoms with Gasteiger partial charge in [0.25, 0.3) is 8.32 Å².